The highest BCUT2D eigenvalue weighted by molar-refractivity contribution is 7.88. The monoisotopic (exact) mass is 372 g/mol. The van der Waals surface area contributed by atoms with E-state index >= 15 is 0 Å². The number of sulfonamides is 1. The van der Waals surface area contributed by atoms with Crippen molar-refractivity contribution in [2.45, 2.75) is 19.6 Å². The Morgan fingerprint density at radius 1 is 0.962 bits per heavy atom. The van der Waals surface area contributed by atoms with Crippen LogP contribution in [0.25, 0.3) is 0 Å². The van der Waals surface area contributed by atoms with E-state index in [0.717, 1.165) is 16.7 Å². The summed E-state index contributed by atoms with van der Waals surface area (Å²) < 4.78 is 26.9. The van der Waals surface area contributed by atoms with Crippen LogP contribution in [-0.2, 0) is 15.8 Å². The third kappa shape index (κ3) is 4.14. The fourth-order valence-electron chi connectivity index (χ4n) is 3.19. The fraction of sp³-hybridized carbons (Fsp3) is 0.350. The SMILES string of the molecule is Cc1cccc(C(=O)N2CCN(S(=O)(=O)Cc3ccccc3C)CC2)c1. The summed E-state index contributed by atoms with van der Waals surface area (Å²) in [6, 6.07) is 15.0. The average Bonchev–Trinajstić information content (AvgIpc) is 2.63. The van der Waals surface area contributed by atoms with E-state index in [1.54, 1.807) is 11.0 Å². The number of rotatable bonds is 4. The molecule has 1 saturated heterocycles. The van der Waals surface area contributed by atoms with Crippen molar-refractivity contribution in [1.82, 2.24) is 9.21 Å². The number of hydrogen-bond acceptors (Lipinski definition) is 3. The number of amides is 1. The second-order valence-electron chi connectivity index (χ2n) is 6.74. The Bertz CT molecular complexity index is 901. The summed E-state index contributed by atoms with van der Waals surface area (Å²) in [5, 5.41) is 0. The van der Waals surface area contributed by atoms with Crippen LogP contribution in [0, 0.1) is 13.8 Å². The molecular weight excluding hydrogens is 348 g/mol. The van der Waals surface area contributed by atoms with Gasteiger partial charge in [-0.1, -0.05) is 42.0 Å². The molecule has 1 heterocycles. The molecule has 26 heavy (non-hydrogen) atoms. The van der Waals surface area contributed by atoms with Crippen LogP contribution < -0.4 is 0 Å². The van der Waals surface area contributed by atoms with Crippen LogP contribution in [0.1, 0.15) is 27.0 Å². The van der Waals surface area contributed by atoms with Crippen LogP contribution in [0.15, 0.2) is 48.5 Å². The minimum Gasteiger partial charge on any atom is -0.336 e. The molecule has 0 radical (unpaired) electrons. The molecule has 1 aliphatic heterocycles. The van der Waals surface area contributed by atoms with Crippen LogP contribution in [0.4, 0.5) is 0 Å². The quantitative estimate of drug-likeness (QED) is 0.829. The highest BCUT2D eigenvalue weighted by Gasteiger charge is 2.29. The first-order chi connectivity index (χ1) is 12.4. The maximum atomic E-state index is 12.7. The Kier molecular flexibility index (Phi) is 5.44. The van der Waals surface area contributed by atoms with Crippen LogP contribution in [0.5, 0.6) is 0 Å². The van der Waals surface area contributed by atoms with Gasteiger partial charge in [-0.2, -0.15) is 4.31 Å². The third-order valence-electron chi connectivity index (χ3n) is 4.78. The summed E-state index contributed by atoms with van der Waals surface area (Å²) in [5.41, 5.74) is 3.49. The van der Waals surface area contributed by atoms with Gasteiger partial charge in [0.1, 0.15) is 0 Å². The molecule has 1 aliphatic rings. The van der Waals surface area contributed by atoms with Gasteiger partial charge in [-0.05, 0) is 37.1 Å². The van der Waals surface area contributed by atoms with Crippen LogP contribution in [-0.4, -0.2) is 49.7 Å². The van der Waals surface area contributed by atoms with Crippen molar-refractivity contribution in [3.63, 3.8) is 0 Å². The van der Waals surface area contributed by atoms with Gasteiger partial charge in [0, 0.05) is 31.7 Å². The molecule has 0 aromatic heterocycles. The van der Waals surface area contributed by atoms with Crippen molar-refractivity contribution in [3.8, 4) is 0 Å². The predicted octanol–water partition coefficient (Wildman–Crippen LogP) is 2.59. The molecule has 6 heteroatoms. The minimum absolute atomic E-state index is 0.00546. The molecule has 0 unspecified atom stereocenters. The highest BCUT2D eigenvalue weighted by Crippen LogP contribution is 2.17. The van der Waals surface area contributed by atoms with E-state index in [1.165, 1.54) is 4.31 Å². The van der Waals surface area contributed by atoms with E-state index in [4.69, 9.17) is 0 Å². The van der Waals surface area contributed by atoms with Crippen molar-refractivity contribution in [2.24, 2.45) is 0 Å². The summed E-state index contributed by atoms with van der Waals surface area (Å²) >= 11 is 0. The zero-order valence-corrected chi connectivity index (χ0v) is 16.0. The normalized spacial score (nSPS) is 15.8. The van der Waals surface area contributed by atoms with E-state index in [-0.39, 0.29) is 11.7 Å². The summed E-state index contributed by atoms with van der Waals surface area (Å²) in [6.07, 6.45) is 0. The second-order valence-corrected chi connectivity index (χ2v) is 8.71. The molecule has 0 saturated carbocycles. The Morgan fingerprint density at radius 2 is 1.65 bits per heavy atom. The van der Waals surface area contributed by atoms with Crippen LogP contribution in [0.2, 0.25) is 0 Å². The van der Waals surface area contributed by atoms with Crippen LogP contribution >= 0.6 is 0 Å². The third-order valence-corrected chi connectivity index (χ3v) is 6.61. The van der Waals surface area contributed by atoms with E-state index in [1.807, 2.05) is 56.3 Å². The Hall–Kier alpha value is -2.18. The van der Waals surface area contributed by atoms with Crippen LogP contribution in [0.3, 0.4) is 0 Å². The number of aryl methyl sites for hydroxylation is 2. The molecule has 1 amide bonds. The lowest BCUT2D eigenvalue weighted by Crippen LogP contribution is -2.50. The van der Waals surface area contributed by atoms with Crippen molar-refractivity contribution in [3.05, 3.63) is 70.8 Å². The van der Waals surface area contributed by atoms with E-state index in [2.05, 4.69) is 0 Å². The van der Waals surface area contributed by atoms with Gasteiger partial charge >= 0.3 is 0 Å². The number of carbonyl (C=O) groups is 1. The standard InChI is InChI=1S/C20H24N2O3S/c1-16-6-5-9-18(14-16)20(23)21-10-12-22(13-11-21)26(24,25)15-19-8-4-3-7-17(19)2/h3-9,14H,10-13,15H2,1-2H3. The molecule has 0 aliphatic carbocycles. The van der Waals surface area contributed by atoms with Gasteiger partial charge in [0.15, 0.2) is 0 Å². The maximum Gasteiger partial charge on any atom is 0.253 e. The average molecular weight is 372 g/mol. The van der Waals surface area contributed by atoms with Gasteiger partial charge in [0.05, 0.1) is 5.75 Å². The van der Waals surface area contributed by atoms with Crippen molar-refractivity contribution >= 4 is 15.9 Å². The zero-order valence-electron chi connectivity index (χ0n) is 15.2. The molecule has 2 aromatic rings. The number of nitrogens with zero attached hydrogens (tertiary/aromatic N) is 2. The lowest BCUT2D eigenvalue weighted by Gasteiger charge is -2.34. The molecule has 0 bridgehead atoms. The largest absolute Gasteiger partial charge is 0.336 e. The maximum absolute atomic E-state index is 12.7. The van der Waals surface area contributed by atoms with Crippen molar-refractivity contribution in [2.75, 3.05) is 26.2 Å². The van der Waals surface area contributed by atoms with E-state index < -0.39 is 10.0 Å². The summed E-state index contributed by atoms with van der Waals surface area (Å²) in [5.74, 6) is -0.0319. The molecule has 0 N–H and O–H groups in total. The Balaban J connectivity index is 1.64. The fourth-order valence-corrected chi connectivity index (χ4v) is 4.81. The minimum atomic E-state index is -3.38. The summed E-state index contributed by atoms with van der Waals surface area (Å²) in [7, 11) is -3.38. The van der Waals surface area contributed by atoms with Gasteiger partial charge in [-0.3, -0.25) is 4.79 Å². The number of benzene rings is 2. The molecule has 2 aromatic carbocycles. The van der Waals surface area contributed by atoms with E-state index in [9.17, 15) is 13.2 Å². The van der Waals surface area contributed by atoms with Gasteiger partial charge in [-0.15, -0.1) is 0 Å². The molecule has 1 fully saturated rings. The molecule has 5 nitrogen and oxygen atoms in total. The first-order valence-corrected chi connectivity index (χ1v) is 10.4. The first-order valence-electron chi connectivity index (χ1n) is 8.75. The number of carbonyl (C=O) groups excluding carboxylic acids is 1. The van der Waals surface area contributed by atoms with Gasteiger partial charge in [0.25, 0.3) is 5.91 Å². The van der Waals surface area contributed by atoms with Gasteiger partial charge in [0.2, 0.25) is 10.0 Å². The zero-order chi connectivity index (χ0) is 18.7. The Labute approximate surface area is 155 Å². The van der Waals surface area contributed by atoms with E-state index in [0.29, 0.717) is 31.7 Å². The summed E-state index contributed by atoms with van der Waals surface area (Å²) in [6.45, 7) is 5.38. The molecular formula is C20H24N2O3S. The van der Waals surface area contributed by atoms with Crippen molar-refractivity contribution in [1.29, 1.82) is 0 Å². The smallest absolute Gasteiger partial charge is 0.253 e. The van der Waals surface area contributed by atoms with Gasteiger partial charge in [-0.25, -0.2) is 8.42 Å². The molecule has 0 spiro atoms. The molecule has 138 valence electrons. The number of hydrogen-bond donors (Lipinski definition) is 0. The lowest BCUT2D eigenvalue weighted by atomic mass is 10.1. The predicted molar refractivity (Wildman–Crippen MR) is 102 cm³/mol. The Morgan fingerprint density at radius 3 is 2.31 bits per heavy atom. The van der Waals surface area contributed by atoms with Crippen molar-refractivity contribution < 1.29 is 13.2 Å². The van der Waals surface area contributed by atoms with Gasteiger partial charge < -0.3 is 4.90 Å². The lowest BCUT2D eigenvalue weighted by molar-refractivity contribution is 0.0697. The highest BCUT2D eigenvalue weighted by atomic mass is 32.2. The topological polar surface area (TPSA) is 57.7 Å². The first kappa shape index (κ1) is 18.6. The summed E-state index contributed by atoms with van der Waals surface area (Å²) in [4.78, 5) is 14.3. The number of piperazine rings is 1. The molecule has 0 atom stereocenters. The molecule has 3 rings (SSSR count). The second kappa shape index (κ2) is 7.60.